The lowest BCUT2D eigenvalue weighted by Gasteiger charge is -2.08. The molecule has 0 fully saturated rings. The second kappa shape index (κ2) is 7.59. The summed E-state index contributed by atoms with van der Waals surface area (Å²) in [6.07, 6.45) is 1.31. The number of amides is 1. The van der Waals surface area contributed by atoms with Crippen LogP contribution in [0.2, 0.25) is 10.0 Å². The highest BCUT2D eigenvalue weighted by atomic mass is 35.5. The molecule has 0 spiro atoms. The molecule has 0 heterocycles. The summed E-state index contributed by atoms with van der Waals surface area (Å²) in [4.78, 5) is 22.3. The number of para-hydroxylation sites is 1. The van der Waals surface area contributed by atoms with Crippen molar-refractivity contribution in [2.45, 2.75) is 0 Å². The molecule has 0 aliphatic carbocycles. The maximum absolute atomic E-state index is 12.2. The van der Waals surface area contributed by atoms with E-state index >= 15 is 0 Å². The number of nitrogens with one attached hydrogen (secondary N) is 1. The van der Waals surface area contributed by atoms with Crippen LogP contribution in [0.3, 0.4) is 0 Å². The zero-order valence-corrected chi connectivity index (χ0v) is 13.5. The van der Waals surface area contributed by atoms with Crippen LogP contribution in [0.5, 0.6) is 0 Å². The quantitative estimate of drug-likeness (QED) is 0.376. The van der Waals surface area contributed by atoms with Crippen molar-refractivity contribution in [2.24, 2.45) is 0 Å². The van der Waals surface area contributed by atoms with Gasteiger partial charge in [0.2, 0.25) is 0 Å². The SMILES string of the molecule is N#C/C(=C\c1ccc([N+](=O)[O-])cc1)C(=O)Nc1c(Cl)cccc1Cl. The average molecular weight is 362 g/mol. The number of rotatable bonds is 4. The molecule has 0 radical (unpaired) electrons. The van der Waals surface area contributed by atoms with Gasteiger partial charge in [-0.15, -0.1) is 0 Å². The summed E-state index contributed by atoms with van der Waals surface area (Å²) in [6, 6.07) is 11.9. The van der Waals surface area contributed by atoms with Crippen LogP contribution in [0.25, 0.3) is 6.08 Å². The number of nitro groups is 1. The van der Waals surface area contributed by atoms with Gasteiger partial charge in [0.25, 0.3) is 11.6 Å². The van der Waals surface area contributed by atoms with Crippen molar-refractivity contribution in [1.82, 2.24) is 0 Å². The molecule has 120 valence electrons. The van der Waals surface area contributed by atoms with E-state index in [1.54, 1.807) is 24.3 Å². The van der Waals surface area contributed by atoms with Gasteiger partial charge in [-0.1, -0.05) is 29.3 Å². The minimum Gasteiger partial charge on any atom is -0.319 e. The number of carbonyl (C=O) groups is 1. The van der Waals surface area contributed by atoms with Crippen LogP contribution in [-0.2, 0) is 4.79 Å². The van der Waals surface area contributed by atoms with E-state index in [2.05, 4.69) is 5.32 Å². The molecule has 2 aromatic carbocycles. The molecule has 6 nitrogen and oxygen atoms in total. The Kier molecular flexibility index (Phi) is 5.53. The Bertz CT molecular complexity index is 851. The molecule has 0 atom stereocenters. The number of benzene rings is 2. The number of hydrogen-bond donors (Lipinski definition) is 1. The van der Waals surface area contributed by atoms with Crippen molar-refractivity contribution in [3.05, 3.63) is 73.8 Å². The standard InChI is InChI=1S/C16H9Cl2N3O3/c17-13-2-1-3-14(18)15(13)20-16(22)11(9-19)8-10-4-6-12(7-5-10)21(23)24/h1-8H,(H,20,22)/b11-8+. The van der Waals surface area contributed by atoms with Gasteiger partial charge in [-0.2, -0.15) is 5.26 Å². The molecule has 24 heavy (non-hydrogen) atoms. The third-order valence-corrected chi connectivity index (χ3v) is 3.61. The Morgan fingerprint density at radius 2 is 1.75 bits per heavy atom. The Balaban J connectivity index is 2.26. The lowest BCUT2D eigenvalue weighted by molar-refractivity contribution is -0.384. The second-order valence-electron chi connectivity index (χ2n) is 4.57. The molecule has 0 saturated carbocycles. The number of nitriles is 1. The number of nitro benzene ring substituents is 1. The molecule has 0 aliphatic rings. The zero-order valence-electron chi connectivity index (χ0n) is 12.0. The first-order valence-electron chi connectivity index (χ1n) is 6.54. The molecule has 1 amide bonds. The van der Waals surface area contributed by atoms with Crippen molar-refractivity contribution in [2.75, 3.05) is 5.32 Å². The summed E-state index contributed by atoms with van der Waals surface area (Å²) in [5.74, 6) is -0.689. The number of hydrogen-bond acceptors (Lipinski definition) is 4. The largest absolute Gasteiger partial charge is 0.319 e. The van der Waals surface area contributed by atoms with Crippen LogP contribution in [0.15, 0.2) is 48.0 Å². The summed E-state index contributed by atoms with van der Waals surface area (Å²) >= 11 is 11.9. The molecule has 0 bridgehead atoms. The van der Waals surface area contributed by atoms with Gasteiger partial charge in [-0.25, -0.2) is 0 Å². The van der Waals surface area contributed by atoms with E-state index in [0.29, 0.717) is 5.56 Å². The fourth-order valence-electron chi connectivity index (χ4n) is 1.81. The summed E-state index contributed by atoms with van der Waals surface area (Å²) in [6.45, 7) is 0. The van der Waals surface area contributed by atoms with Crippen molar-refractivity contribution in [1.29, 1.82) is 5.26 Å². The van der Waals surface area contributed by atoms with Crippen LogP contribution in [-0.4, -0.2) is 10.8 Å². The van der Waals surface area contributed by atoms with Crippen LogP contribution in [0.1, 0.15) is 5.56 Å². The van der Waals surface area contributed by atoms with E-state index in [4.69, 9.17) is 28.5 Å². The highest BCUT2D eigenvalue weighted by Crippen LogP contribution is 2.30. The first kappa shape index (κ1) is 17.5. The molecule has 0 aromatic heterocycles. The fourth-order valence-corrected chi connectivity index (χ4v) is 2.30. The normalized spacial score (nSPS) is 10.8. The van der Waals surface area contributed by atoms with Gasteiger partial charge >= 0.3 is 0 Å². The smallest absolute Gasteiger partial charge is 0.269 e. The molecule has 1 N–H and O–H groups in total. The summed E-state index contributed by atoms with van der Waals surface area (Å²) in [7, 11) is 0. The van der Waals surface area contributed by atoms with E-state index in [1.807, 2.05) is 0 Å². The van der Waals surface area contributed by atoms with Gasteiger partial charge in [0.05, 0.1) is 20.7 Å². The van der Waals surface area contributed by atoms with Crippen LogP contribution in [0, 0.1) is 21.4 Å². The Labute approximate surface area is 147 Å². The second-order valence-corrected chi connectivity index (χ2v) is 5.38. The van der Waals surface area contributed by atoms with Crippen LogP contribution >= 0.6 is 23.2 Å². The van der Waals surface area contributed by atoms with Crippen molar-refractivity contribution >= 4 is 46.6 Å². The van der Waals surface area contributed by atoms with Gasteiger partial charge < -0.3 is 5.32 Å². The number of halogens is 2. The zero-order chi connectivity index (χ0) is 17.7. The van der Waals surface area contributed by atoms with E-state index in [0.717, 1.165) is 0 Å². The average Bonchev–Trinajstić information content (AvgIpc) is 2.56. The molecule has 0 aliphatic heterocycles. The Morgan fingerprint density at radius 1 is 1.17 bits per heavy atom. The maximum atomic E-state index is 12.2. The predicted octanol–water partition coefficient (Wildman–Crippen LogP) is 4.45. The van der Waals surface area contributed by atoms with Gasteiger partial charge in [0, 0.05) is 12.1 Å². The topological polar surface area (TPSA) is 96.0 Å². The summed E-state index contributed by atoms with van der Waals surface area (Å²) < 4.78 is 0. The minimum absolute atomic E-state index is 0.0852. The number of anilines is 1. The monoisotopic (exact) mass is 361 g/mol. The van der Waals surface area contributed by atoms with E-state index in [9.17, 15) is 14.9 Å². The number of non-ortho nitro benzene ring substituents is 1. The van der Waals surface area contributed by atoms with Crippen LogP contribution in [0.4, 0.5) is 11.4 Å². The lowest BCUT2D eigenvalue weighted by atomic mass is 10.1. The highest BCUT2D eigenvalue weighted by Gasteiger charge is 2.14. The predicted molar refractivity (Wildman–Crippen MR) is 91.8 cm³/mol. The maximum Gasteiger partial charge on any atom is 0.269 e. The Morgan fingerprint density at radius 3 is 2.25 bits per heavy atom. The molecular weight excluding hydrogens is 353 g/mol. The van der Waals surface area contributed by atoms with Gasteiger partial charge in [-0.3, -0.25) is 14.9 Å². The van der Waals surface area contributed by atoms with Crippen LogP contribution < -0.4 is 5.32 Å². The molecule has 2 rings (SSSR count). The minimum atomic E-state index is -0.689. The first-order chi connectivity index (χ1) is 11.4. The summed E-state index contributed by atoms with van der Waals surface area (Å²) in [5.41, 5.74) is 0.394. The molecule has 2 aromatic rings. The third-order valence-electron chi connectivity index (χ3n) is 2.98. The summed E-state index contributed by atoms with van der Waals surface area (Å²) in [5, 5.41) is 22.7. The fraction of sp³-hybridized carbons (Fsp3) is 0. The van der Waals surface area contributed by atoms with Gasteiger partial charge in [-0.05, 0) is 35.9 Å². The van der Waals surface area contributed by atoms with E-state index in [-0.39, 0.29) is 27.0 Å². The molecule has 0 unspecified atom stereocenters. The number of nitrogens with zero attached hydrogens (tertiary/aromatic N) is 2. The van der Waals surface area contributed by atoms with E-state index < -0.39 is 10.8 Å². The van der Waals surface area contributed by atoms with Crippen molar-refractivity contribution in [3.63, 3.8) is 0 Å². The lowest BCUT2D eigenvalue weighted by Crippen LogP contribution is -2.14. The molecule has 0 saturated heterocycles. The third kappa shape index (κ3) is 4.10. The number of carbonyl (C=O) groups excluding carboxylic acids is 1. The first-order valence-corrected chi connectivity index (χ1v) is 7.29. The van der Waals surface area contributed by atoms with Crippen molar-refractivity contribution in [3.8, 4) is 6.07 Å². The van der Waals surface area contributed by atoms with Crippen molar-refractivity contribution < 1.29 is 9.72 Å². The van der Waals surface area contributed by atoms with Gasteiger partial charge in [0.15, 0.2) is 0 Å². The highest BCUT2D eigenvalue weighted by molar-refractivity contribution is 6.40. The molecule has 8 heteroatoms. The molecular formula is C16H9Cl2N3O3. The Hall–Kier alpha value is -2.88. The van der Waals surface area contributed by atoms with E-state index in [1.165, 1.54) is 30.3 Å². The van der Waals surface area contributed by atoms with Gasteiger partial charge in [0.1, 0.15) is 11.6 Å².